The highest BCUT2D eigenvalue weighted by Gasteiger charge is 2.12. The first-order chi connectivity index (χ1) is 11.5. The van der Waals surface area contributed by atoms with Crippen molar-refractivity contribution in [2.75, 3.05) is 13.7 Å². The van der Waals surface area contributed by atoms with Crippen LogP contribution in [-0.2, 0) is 22.4 Å². The highest BCUT2D eigenvalue weighted by molar-refractivity contribution is 5.90. The van der Waals surface area contributed by atoms with E-state index in [2.05, 4.69) is 0 Å². The fourth-order valence-corrected chi connectivity index (χ4v) is 2.41. The molecule has 0 aliphatic rings. The van der Waals surface area contributed by atoms with E-state index in [1.165, 1.54) is 25.3 Å². The molecule has 126 valence electrons. The summed E-state index contributed by atoms with van der Waals surface area (Å²) in [4.78, 5) is 24.0. The first kappa shape index (κ1) is 17.7. The Bertz CT molecular complexity index is 740. The van der Waals surface area contributed by atoms with Crippen molar-refractivity contribution in [3.05, 3.63) is 65.0 Å². The number of esters is 1. The minimum absolute atomic E-state index is 0.0601. The number of carbonyl (C=O) groups is 2. The molecule has 5 heteroatoms. The average Bonchev–Trinajstić information content (AvgIpc) is 2.55. The number of Topliss-reactive ketones (excluding diaryl/α,β-unsaturated/α-hetero) is 1. The van der Waals surface area contributed by atoms with E-state index in [1.807, 2.05) is 0 Å². The maximum atomic E-state index is 13.4. The third-order valence-electron chi connectivity index (χ3n) is 3.47. The summed E-state index contributed by atoms with van der Waals surface area (Å²) >= 11 is 0. The van der Waals surface area contributed by atoms with Crippen LogP contribution < -0.4 is 4.74 Å². The predicted octanol–water partition coefficient (Wildman–Crippen LogP) is 3.37. The van der Waals surface area contributed by atoms with Gasteiger partial charge in [0.1, 0.15) is 17.3 Å². The molecule has 0 spiro atoms. The van der Waals surface area contributed by atoms with Gasteiger partial charge in [-0.25, -0.2) is 9.18 Å². The lowest BCUT2D eigenvalue weighted by molar-refractivity contribution is -0.117. The molecule has 0 fully saturated rings. The van der Waals surface area contributed by atoms with Gasteiger partial charge in [0.15, 0.2) is 0 Å². The van der Waals surface area contributed by atoms with Crippen molar-refractivity contribution in [1.82, 2.24) is 0 Å². The van der Waals surface area contributed by atoms with Crippen LogP contribution in [0, 0.1) is 5.82 Å². The topological polar surface area (TPSA) is 52.6 Å². The zero-order chi connectivity index (χ0) is 17.5. The van der Waals surface area contributed by atoms with Crippen LogP contribution in [0.2, 0.25) is 0 Å². The van der Waals surface area contributed by atoms with E-state index in [4.69, 9.17) is 9.47 Å². The van der Waals surface area contributed by atoms with Gasteiger partial charge in [-0.15, -0.1) is 0 Å². The molecule has 0 N–H and O–H groups in total. The Balaban J connectivity index is 2.09. The van der Waals surface area contributed by atoms with Crippen molar-refractivity contribution in [2.45, 2.75) is 19.8 Å². The Labute approximate surface area is 140 Å². The SMILES string of the molecule is CCOC(=O)c1cccc(CC(=O)Cc2cc(F)ccc2OC)c1. The molecule has 0 unspecified atom stereocenters. The first-order valence-electron chi connectivity index (χ1n) is 7.63. The number of halogens is 1. The zero-order valence-corrected chi connectivity index (χ0v) is 13.7. The van der Waals surface area contributed by atoms with Crippen molar-refractivity contribution < 1.29 is 23.5 Å². The minimum atomic E-state index is -0.418. The average molecular weight is 330 g/mol. The van der Waals surface area contributed by atoms with Crippen LogP contribution in [0.1, 0.15) is 28.4 Å². The van der Waals surface area contributed by atoms with Gasteiger partial charge < -0.3 is 9.47 Å². The number of methoxy groups -OCH3 is 1. The molecule has 0 saturated carbocycles. The summed E-state index contributed by atoms with van der Waals surface area (Å²) in [6.07, 6.45) is 0.206. The molecule has 2 rings (SSSR count). The van der Waals surface area contributed by atoms with Gasteiger partial charge in [-0.3, -0.25) is 4.79 Å². The third-order valence-corrected chi connectivity index (χ3v) is 3.47. The maximum absolute atomic E-state index is 13.4. The summed E-state index contributed by atoms with van der Waals surface area (Å²) in [5.74, 6) is -0.452. The number of carbonyl (C=O) groups excluding carboxylic acids is 2. The van der Waals surface area contributed by atoms with Crippen molar-refractivity contribution in [3.63, 3.8) is 0 Å². The Kier molecular flexibility index (Phi) is 6.07. The van der Waals surface area contributed by atoms with Gasteiger partial charge in [0.2, 0.25) is 0 Å². The molecule has 0 heterocycles. The van der Waals surface area contributed by atoms with Crippen molar-refractivity contribution in [2.24, 2.45) is 0 Å². The Morgan fingerprint density at radius 1 is 1.08 bits per heavy atom. The highest BCUT2D eigenvalue weighted by atomic mass is 19.1. The van der Waals surface area contributed by atoms with Crippen molar-refractivity contribution in [3.8, 4) is 5.75 Å². The second-order valence-electron chi connectivity index (χ2n) is 5.27. The predicted molar refractivity (Wildman–Crippen MR) is 87.8 cm³/mol. The second kappa shape index (κ2) is 8.24. The monoisotopic (exact) mass is 330 g/mol. The van der Waals surface area contributed by atoms with Crippen LogP contribution >= 0.6 is 0 Å². The number of hydrogen-bond donors (Lipinski definition) is 0. The van der Waals surface area contributed by atoms with E-state index in [0.717, 1.165) is 0 Å². The maximum Gasteiger partial charge on any atom is 0.338 e. The number of ether oxygens (including phenoxy) is 2. The number of benzene rings is 2. The molecular weight excluding hydrogens is 311 g/mol. The zero-order valence-electron chi connectivity index (χ0n) is 13.7. The first-order valence-corrected chi connectivity index (χ1v) is 7.63. The molecule has 0 amide bonds. The van der Waals surface area contributed by atoms with Crippen LogP contribution in [-0.4, -0.2) is 25.5 Å². The van der Waals surface area contributed by atoms with Crippen molar-refractivity contribution >= 4 is 11.8 Å². The van der Waals surface area contributed by atoms with E-state index >= 15 is 0 Å². The van der Waals surface area contributed by atoms with E-state index in [0.29, 0.717) is 29.0 Å². The summed E-state index contributed by atoms with van der Waals surface area (Å²) in [6, 6.07) is 10.8. The lowest BCUT2D eigenvalue weighted by atomic mass is 10.0. The van der Waals surface area contributed by atoms with E-state index in [1.54, 1.807) is 31.2 Å². The molecule has 0 atom stereocenters. The normalized spacial score (nSPS) is 10.3. The summed E-state index contributed by atoms with van der Waals surface area (Å²) in [6.45, 7) is 2.03. The second-order valence-corrected chi connectivity index (χ2v) is 5.27. The van der Waals surface area contributed by atoms with Crippen LogP contribution in [0.4, 0.5) is 4.39 Å². The van der Waals surface area contributed by atoms with Gasteiger partial charge in [-0.2, -0.15) is 0 Å². The van der Waals surface area contributed by atoms with E-state index in [9.17, 15) is 14.0 Å². The molecule has 0 radical (unpaired) electrons. The quantitative estimate of drug-likeness (QED) is 0.731. The fraction of sp³-hybridized carbons (Fsp3) is 0.263. The Hall–Kier alpha value is -2.69. The standard InChI is InChI=1S/C19H19FO4/c1-3-24-19(22)14-6-4-5-13(9-14)10-17(21)12-15-11-16(20)7-8-18(15)23-2/h4-9,11H,3,10,12H2,1-2H3. The highest BCUT2D eigenvalue weighted by Crippen LogP contribution is 2.20. The fourth-order valence-electron chi connectivity index (χ4n) is 2.41. The van der Waals surface area contributed by atoms with Crippen LogP contribution in [0.25, 0.3) is 0 Å². The van der Waals surface area contributed by atoms with Crippen LogP contribution in [0.3, 0.4) is 0 Å². The van der Waals surface area contributed by atoms with Gasteiger partial charge in [0.25, 0.3) is 0 Å². The van der Waals surface area contributed by atoms with Gasteiger partial charge in [-0.05, 0) is 42.8 Å². The lowest BCUT2D eigenvalue weighted by Gasteiger charge is -2.08. The van der Waals surface area contributed by atoms with E-state index < -0.39 is 11.8 Å². The molecule has 0 aliphatic heterocycles. The number of hydrogen-bond acceptors (Lipinski definition) is 4. The molecule has 24 heavy (non-hydrogen) atoms. The molecule has 0 saturated heterocycles. The largest absolute Gasteiger partial charge is 0.496 e. The minimum Gasteiger partial charge on any atom is -0.496 e. The number of ketones is 1. The van der Waals surface area contributed by atoms with Crippen LogP contribution in [0.5, 0.6) is 5.75 Å². The summed E-state index contributed by atoms with van der Waals surface area (Å²) < 4.78 is 23.5. The van der Waals surface area contributed by atoms with E-state index in [-0.39, 0.29) is 18.6 Å². The van der Waals surface area contributed by atoms with Gasteiger partial charge in [0.05, 0.1) is 19.3 Å². The third kappa shape index (κ3) is 4.65. The molecule has 4 nitrogen and oxygen atoms in total. The lowest BCUT2D eigenvalue weighted by Crippen LogP contribution is -2.09. The molecule has 2 aromatic rings. The smallest absolute Gasteiger partial charge is 0.338 e. The van der Waals surface area contributed by atoms with Crippen molar-refractivity contribution in [1.29, 1.82) is 0 Å². The Morgan fingerprint density at radius 3 is 2.58 bits per heavy atom. The molecule has 0 bridgehead atoms. The summed E-state index contributed by atoms with van der Waals surface area (Å²) in [7, 11) is 1.48. The van der Waals surface area contributed by atoms with Gasteiger partial charge in [0, 0.05) is 18.4 Å². The summed E-state index contributed by atoms with van der Waals surface area (Å²) in [5.41, 5.74) is 1.62. The van der Waals surface area contributed by atoms with Crippen LogP contribution in [0.15, 0.2) is 42.5 Å². The molecule has 0 aromatic heterocycles. The summed E-state index contributed by atoms with van der Waals surface area (Å²) in [5, 5.41) is 0. The number of rotatable bonds is 7. The molecular formula is C19H19FO4. The molecule has 2 aromatic carbocycles. The van der Waals surface area contributed by atoms with Gasteiger partial charge >= 0.3 is 5.97 Å². The molecule has 0 aliphatic carbocycles. The Morgan fingerprint density at radius 2 is 1.88 bits per heavy atom. The van der Waals surface area contributed by atoms with Gasteiger partial charge in [-0.1, -0.05) is 12.1 Å².